The number of nitrogens with two attached hydrogens (primary N) is 1. The average Bonchev–Trinajstić information content (AvgIpc) is 1.68. The molecule has 0 amide bonds. The molecule has 2 radical (unpaired) electrons. The summed E-state index contributed by atoms with van der Waals surface area (Å²) in [5, 5.41) is 6.33. The molecular weight excluding hydrogens is 92.1 g/mol. The van der Waals surface area contributed by atoms with Crippen LogP contribution in [0.3, 0.4) is 0 Å². The van der Waals surface area contributed by atoms with Gasteiger partial charge in [0.2, 0.25) is 6.29 Å². The number of nitrogens with one attached hydrogen (secondary N) is 1. The number of rotatable bonds is 3. The molecule has 0 bridgehead atoms. The Morgan fingerprint density at radius 1 is 1.86 bits per heavy atom. The van der Waals surface area contributed by atoms with E-state index in [0.29, 0.717) is 0 Å². The Kier molecular flexibility index (Phi) is 3.14. The molecular formula is C4H6N2O. The smallest absolute Gasteiger partial charge is 0.217 e. The molecule has 0 aromatic rings. The molecule has 3 nitrogen and oxygen atoms in total. The van der Waals surface area contributed by atoms with E-state index in [1.165, 1.54) is 6.29 Å². The summed E-state index contributed by atoms with van der Waals surface area (Å²) in [6.45, 7) is 0. The van der Waals surface area contributed by atoms with E-state index in [4.69, 9.17) is 11.1 Å². The molecule has 7 heavy (non-hydrogen) atoms. The van der Waals surface area contributed by atoms with Gasteiger partial charge in [-0.05, 0) is 0 Å². The van der Waals surface area contributed by atoms with Crippen LogP contribution in [0.5, 0.6) is 0 Å². The van der Waals surface area contributed by atoms with E-state index in [1.807, 2.05) is 6.21 Å². The van der Waals surface area contributed by atoms with Crippen molar-refractivity contribution < 1.29 is 4.79 Å². The highest BCUT2D eigenvalue weighted by molar-refractivity contribution is 5.66. The van der Waals surface area contributed by atoms with Gasteiger partial charge in [-0.2, -0.15) is 0 Å². The Balaban J connectivity index is 3.15. The topological polar surface area (TPSA) is 66.9 Å². The molecule has 0 rings (SSSR count). The van der Waals surface area contributed by atoms with Crippen LogP contribution >= 0.6 is 0 Å². The fourth-order valence-corrected chi connectivity index (χ4v) is 0.152. The Morgan fingerprint density at radius 3 is 2.57 bits per heavy atom. The van der Waals surface area contributed by atoms with Crippen LogP contribution in [0.25, 0.3) is 0 Å². The predicted molar refractivity (Wildman–Crippen MR) is 26.0 cm³/mol. The van der Waals surface area contributed by atoms with Gasteiger partial charge in [-0.25, -0.2) is 0 Å². The minimum atomic E-state index is -0.655. The summed E-state index contributed by atoms with van der Waals surface area (Å²) < 4.78 is 0. The van der Waals surface area contributed by atoms with Crippen molar-refractivity contribution in [1.29, 1.82) is 5.41 Å². The second-order valence-corrected chi connectivity index (χ2v) is 1.11. The van der Waals surface area contributed by atoms with Gasteiger partial charge >= 0.3 is 0 Å². The maximum atomic E-state index is 9.52. The lowest BCUT2D eigenvalue weighted by Crippen LogP contribution is -2.21. The van der Waals surface area contributed by atoms with E-state index in [0.717, 1.165) is 0 Å². The van der Waals surface area contributed by atoms with Gasteiger partial charge < -0.3 is 11.1 Å². The summed E-state index contributed by atoms with van der Waals surface area (Å²) in [5.74, 6) is 0. The summed E-state index contributed by atoms with van der Waals surface area (Å²) >= 11 is 0. The van der Waals surface area contributed by atoms with Crippen molar-refractivity contribution in [2.24, 2.45) is 5.73 Å². The van der Waals surface area contributed by atoms with Crippen LogP contribution in [0.1, 0.15) is 6.42 Å². The average molecular weight is 98.1 g/mol. The van der Waals surface area contributed by atoms with Crippen LogP contribution in [-0.2, 0) is 4.79 Å². The van der Waals surface area contributed by atoms with Gasteiger partial charge in [0, 0.05) is 6.42 Å². The predicted octanol–water partition coefficient (Wildman–Crippen LogP) is -0.660. The molecule has 3 heteroatoms. The molecule has 0 aliphatic heterocycles. The first-order valence-electron chi connectivity index (χ1n) is 1.84. The van der Waals surface area contributed by atoms with Crippen molar-refractivity contribution >= 4 is 12.5 Å². The molecule has 1 unspecified atom stereocenters. The zero-order chi connectivity index (χ0) is 5.70. The fraction of sp³-hybridized carbons (Fsp3) is 0.500. The SMILES string of the molecule is N=[C]CC(N)[C]=O. The van der Waals surface area contributed by atoms with Crippen LogP contribution in [0.15, 0.2) is 0 Å². The van der Waals surface area contributed by atoms with E-state index in [-0.39, 0.29) is 6.42 Å². The first kappa shape index (κ1) is 6.30. The van der Waals surface area contributed by atoms with Gasteiger partial charge in [0.05, 0.1) is 12.3 Å². The number of hydrogen-bond donors (Lipinski definition) is 2. The van der Waals surface area contributed by atoms with E-state index >= 15 is 0 Å². The van der Waals surface area contributed by atoms with E-state index in [9.17, 15) is 4.79 Å². The van der Waals surface area contributed by atoms with Crippen molar-refractivity contribution in [3.63, 3.8) is 0 Å². The van der Waals surface area contributed by atoms with Gasteiger partial charge in [0.25, 0.3) is 0 Å². The largest absolute Gasteiger partial charge is 0.321 e. The van der Waals surface area contributed by atoms with Gasteiger partial charge in [0.1, 0.15) is 0 Å². The third-order valence-electron chi connectivity index (χ3n) is 0.473. The standard InChI is InChI=1S/C4H6N2O/c5-2-1-4(6)3-7/h4-5H,1,6H2. The van der Waals surface area contributed by atoms with Crippen LogP contribution in [0.4, 0.5) is 0 Å². The molecule has 1 atom stereocenters. The molecule has 0 fully saturated rings. The van der Waals surface area contributed by atoms with E-state index in [1.54, 1.807) is 0 Å². The van der Waals surface area contributed by atoms with Crippen molar-refractivity contribution in [3.8, 4) is 0 Å². The van der Waals surface area contributed by atoms with Gasteiger partial charge in [-0.3, -0.25) is 4.79 Å². The molecule has 0 aliphatic rings. The first-order valence-corrected chi connectivity index (χ1v) is 1.84. The molecule has 0 heterocycles. The minimum Gasteiger partial charge on any atom is -0.321 e. The maximum absolute atomic E-state index is 9.52. The monoisotopic (exact) mass is 98.0 g/mol. The third-order valence-corrected chi connectivity index (χ3v) is 0.473. The molecule has 0 aromatic heterocycles. The van der Waals surface area contributed by atoms with Crippen LogP contribution in [0.2, 0.25) is 0 Å². The van der Waals surface area contributed by atoms with Crippen molar-refractivity contribution in [2.45, 2.75) is 12.5 Å². The summed E-state index contributed by atoms with van der Waals surface area (Å²) in [6.07, 6.45) is 3.66. The second-order valence-electron chi connectivity index (χ2n) is 1.11. The van der Waals surface area contributed by atoms with Crippen LogP contribution in [0, 0.1) is 5.41 Å². The zero-order valence-electron chi connectivity index (χ0n) is 3.77. The highest BCUT2D eigenvalue weighted by atomic mass is 16.1. The molecule has 0 saturated carbocycles. The number of carbonyl (C=O) groups excluding carboxylic acids is 1. The Bertz CT molecular complexity index is 72.1. The second kappa shape index (κ2) is 3.49. The molecule has 0 aromatic carbocycles. The van der Waals surface area contributed by atoms with Crippen molar-refractivity contribution in [1.82, 2.24) is 0 Å². The lowest BCUT2D eigenvalue weighted by atomic mass is 10.3. The zero-order valence-corrected chi connectivity index (χ0v) is 3.77. The number of hydrogen-bond acceptors (Lipinski definition) is 3. The van der Waals surface area contributed by atoms with Gasteiger partial charge in [-0.1, -0.05) is 0 Å². The fourth-order valence-electron chi connectivity index (χ4n) is 0.152. The summed E-state index contributed by atoms with van der Waals surface area (Å²) in [7, 11) is 0. The quantitative estimate of drug-likeness (QED) is 0.460. The molecule has 0 saturated heterocycles. The van der Waals surface area contributed by atoms with Gasteiger partial charge in [-0.15, -0.1) is 0 Å². The molecule has 0 spiro atoms. The maximum Gasteiger partial charge on any atom is 0.217 e. The molecule has 3 N–H and O–H groups in total. The van der Waals surface area contributed by atoms with Crippen LogP contribution in [-0.4, -0.2) is 18.5 Å². The highest BCUT2D eigenvalue weighted by Crippen LogP contribution is 1.73. The molecule has 38 valence electrons. The lowest BCUT2D eigenvalue weighted by molar-refractivity contribution is 0.543. The summed E-state index contributed by atoms with van der Waals surface area (Å²) in [5.41, 5.74) is 4.98. The Labute approximate surface area is 42.0 Å². The third kappa shape index (κ3) is 3.12. The summed E-state index contributed by atoms with van der Waals surface area (Å²) in [6, 6.07) is -0.655. The van der Waals surface area contributed by atoms with E-state index < -0.39 is 6.04 Å². The molecule has 0 aliphatic carbocycles. The minimum absolute atomic E-state index is 0.170. The van der Waals surface area contributed by atoms with E-state index in [2.05, 4.69) is 0 Å². The lowest BCUT2D eigenvalue weighted by Gasteiger charge is -1.89. The van der Waals surface area contributed by atoms with Crippen molar-refractivity contribution in [3.05, 3.63) is 0 Å². The first-order chi connectivity index (χ1) is 3.31. The Hall–Kier alpha value is -0.700. The normalized spacial score (nSPS) is 12.7. The highest BCUT2D eigenvalue weighted by Gasteiger charge is 1.94. The van der Waals surface area contributed by atoms with Crippen LogP contribution < -0.4 is 5.73 Å². The Morgan fingerprint density at radius 2 is 2.43 bits per heavy atom. The van der Waals surface area contributed by atoms with Gasteiger partial charge in [0.15, 0.2) is 0 Å². The summed E-state index contributed by atoms with van der Waals surface area (Å²) in [4.78, 5) is 9.52. The van der Waals surface area contributed by atoms with Crippen molar-refractivity contribution in [2.75, 3.05) is 0 Å².